The van der Waals surface area contributed by atoms with Crippen LogP contribution < -0.4 is 0 Å². The zero-order valence-electron chi connectivity index (χ0n) is 5.77. The summed E-state index contributed by atoms with van der Waals surface area (Å²) in [6.07, 6.45) is 0. The van der Waals surface area contributed by atoms with E-state index in [0.717, 1.165) is 10.7 Å². The quantitative estimate of drug-likeness (QED) is 0.676. The summed E-state index contributed by atoms with van der Waals surface area (Å²) < 4.78 is 0. The van der Waals surface area contributed by atoms with Crippen LogP contribution in [0, 0.1) is 6.92 Å². The summed E-state index contributed by atoms with van der Waals surface area (Å²) in [6, 6.07) is 0. The van der Waals surface area contributed by atoms with E-state index in [-0.39, 0.29) is 0 Å². The fraction of sp³-hybridized carbons (Fsp3) is 0.200. The van der Waals surface area contributed by atoms with E-state index in [1.165, 1.54) is 0 Å². The zero-order valence-corrected chi connectivity index (χ0v) is 6.59. The number of H-pyrrole nitrogens is 1. The summed E-state index contributed by atoms with van der Waals surface area (Å²) in [4.78, 5) is 4.20. The van der Waals surface area contributed by atoms with Gasteiger partial charge in [-0.05, 0) is 17.4 Å². The standard InChI is InChI=1S/C5H5N5S/c1-3-6-4(2-11-3)5-7-9-10-8-5/h2H,1H3,(H,7,8,9,10). The molecule has 11 heavy (non-hydrogen) atoms. The molecule has 2 rings (SSSR count). The van der Waals surface area contributed by atoms with Crippen LogP contribution in [-0.2, 0) is 0 Å². The predicted molar refractivity (Wildman–Crippen MR) is 40.0 cm³/mol. The molecule has 0 atom stereocenters. The Labute approximate surface area is 66.5 Å². The molecule has 5 nitrogen and oxygen atoms in total. The molecule has 0 bridgehead atoms. The molecular weight excluding hydrogens is 162 g/mol. The molecule has 1 N–H and O–H groups in total. The van der Waals surface area contributed by atoms with E-state index in [9.17, 15) is 0 Å². The number of hydrogen-bond acceptors (Lipinski definition) is 5. The van der Waals surface area contributed by atoms with Crippen molar-refractivity contribution in [1.82, 2.24) is 25.6 Å². The lowest BCUT2D eigenvalue weighted by molar-refractivity contribution is 0.881. The molecular formula is C5H5N5S. The van der Waals surface area contributed by atoms with Crippen LogP contribution in [0.1, 0.15) is 5.01 Å². The first kappa shape index (κ1) is 6.41. The second-order valence-corrected chi connectivity index (χ2v) is 3.06. The molecule has 0 saturated heterocycles. The molecule has 0 aromatic carbocycles. The lowest BCUT2D eigenvalue weighted by Crippen LogP contribution is -1.80. The van der Waals surface area contributed by atoms with Crippen LogP contribution in [0.3, 0.4) is 0 Å². The van der Waals surface area contributed by atoms with Gasteiger partial charge in [0, 0.05) is 5.38 Å². The van der Waals surface area contributed by atoms with Gasteiger partial charge in [0.05, 0.1) is 5.01 Å². The van der Waals surface area contributed by atoms with Crippen molar-refractivity contribution in [3.8, 4) is 11.5 Å². The maximum absolute atomic E-state index is 4.20. The van der Waals surface area contributed by atoms with Crippen molar-refractivity contribution in [3.63, 3.8) is 0 Å². The molecule has 6 heteroatoms. The van der Waals surface area contributed by atoms with Crippen LogP contribution in [-0.4, -0.2) is 25.6 Å². The predicted octanol–water partition coefficient (Wildman–Crippen LogP) is 0.632. The normalized spacial score (nSPS) is 10.3. The molecule has 2 heterocycles. The maximum atomic E-state index is 4.20. The number of aryl methyl sites for hydroxylation is 1. The van der Waals surface area contributed by atoms with Gasteiger partial charge >= 0.3 is 0 Å². The third-order valence-electron chi connectivity index (χ3n) is 1.21. The van der Waals surface area contributed by atoms with Crippen LogP contribution in [0.2, 0.25) is 0 Å². The molecule has 0 aliphatic heterocycles. The van der Waals surface area contributed by atoms with Gasteiger partial charge in [0.2, 0.25) is 0 Å². The summed E-state index contributed by atoms with van der Waals surface area (Å²) in [5.74, 6) is 0.620. The van der Waals surface area contributed by atoms with Crippen LogP contribution in [0.4, 0.5) is 0 Å². The van der Waals surface area contributed by atoms with Crippen molar-refractivity contribution in [2.45, 2.75) is 6.92 Å². The zero-order chi connectivity index (χ0) is 7.68. The van der Waals surface area contributed by atoms with E-state index in [1.54, 1.807) is 11.3 Å². The van der Waals surface area contributed by atoms with Gasteiger partial charge in [-0.25, -0.2) is 10.1 Å². The van der Waals surface area contributed by atoms with Crippen molar-refractivity contribution < 1.29 is 0 Å². The third-order valence-corrected chi connectivity index (χ3v) is 1.98. The van der Waals surface area contributed by atoms with Crippen molar-refractivity contribution in [2.24, 2.45) is 0 Å². The minimum Gasteiger partial charge on any atom is -0.238 e. The summed E-state index contributed by atoms with van der Waals surface area (Å²) in [7, 11) is 0. The van der Waals surface area contributed by atoms with Gasteiger partial charge in [0.15, 0.2) is 5.82 Å². The highest BCUT2D eigenvalue weighted by Gasteiger charge is 2.03. The SMILES string of the molecule is Cc1nc(-c2nnn[nH]2)cs1. The average molecular weight is 167 g/mol. The molecule has 0 radical (unpaired) electrons. The van der Waals surface area contributed by atoms with E-state index in [2.05, 4.69) is 25.6 Å². The number of thiazole rings is 1. The minimum atomic E-state index is 0.620. The highest BCUT2D eigenvalue weighted by Crippen LogP contribution is 2.15. The summed E-state index contributed by atoms with van der Waals surface area (Å²) >= 11 is 1.58. The third kappa shape index (κ3) is 1.12. The van der Waals surface area contributed by atoms with Crippen molar-refractivity contribution in [2.75, 3.05) is 0 Å². The van der Waals surface area contributed by atoms with Crippen molar-refractivity contribution >= 4 is 11.3 Å². The number of nitrogens with one attached hydrogen (secondary N) is 1. The first-order valence-corrected chi connectivity index (χ1v) is 3.90. The smallest absolute Gasteiger partial charge is 0.198 e. The Morgan fingerprint density at radius 2 is 2.45 bits per heavy atom. The van der Waals surface area contributed by atoms with E-state index in [4.69, 9.17) is 0 Å². The number of nitrogens with zero attached hydrogens (tertiary/aromatic N) is 4. The van der Waals surface area contributed by atoms with Gasteiger partial charge in [0.1, 0.15) is 5.69 Å². The van der Waals surface area contributed by atoms with E-state index >= 15 is 0 Å². The first-order chi connectivity index (χ1) is 5.36. The second kappa shape index (κ2) is 2.39. The number of aromatic nitrogens is 5. The molecule has 0 unspecified atom stereocenters. The number of hydrogen-bond donors (Lipinski definition) is 1. The van der Waals surface area contributed by atoms with E-state index in [1.807, 2.05) is 12.3 Å². The highest BCUT2D eigenvalue weighted by atomic mass is 32.1. The number of rotatable bonds is 1. The molecule has 0 aliphatic rings. The van der Waals surface area contributed by atoms with E-state index in [0.29, 0.717) is 5.82 Å². The molecule has 2 aromatic heterocycles. The van der Waals surface area contributed by atoms with Gasteiger partial charge in [-0.3, -0.25) is 0 Å². The average Bonchev–Trinajstić information content (AvgIpc) is 2.55. The molecule has 0 fully saturated rings. The van der Waals surface area contributed by atoms with Gasteiger partial charge in [-0.1, -0.05) is 0 Å². The van der Waals surface area contributed by atoms with Crippen molar-refractivity contribution in [1.29, 1.82) is 0 Å². The summed E-state index contributed by atoms with van der Waals surface area (Å²) in [6.45, 7) is 1.94. The number of aromatic amines is 1. The van der Waals surface area contributed by atoms with Crippen LogP contribution >= 0.6 is 11.3 Å². The topological polar surface area (TPSA) is 67.3 Å². The van der Waals surface area contributed by atoms with Crippen LogP contribution in [0.5, 0.6) is 0 Å². The largest absolute Gasteiger partial charge is 0.238 e. The minimum absolute atomic E-state index is 0.620. The molecule has 0 amide bonds. The lowest BCUT2D eigenvalue weighted by atomic mass is 10.5. The Hall–Kier alpha value is -1.30. The van der Waals surface area contributed by atoms with Gasteiger partial charge in [0.25, 0.3) is 0 Å². The Bertz CT molecular complexity index is 337. The molecule has 56 valence electrons. The fourth-order valence-corrected chi connectivity index (χ4v) is 1.34. The van der Waals surface area contributed by atoms with Gasteiger partial charge in [-0.2, -0.15) is 0 Å². The molecule has 2 aromatic rings. The van der Waals surface area contributed by atoms with Gasteiger partial charge in [-0.15, -0.1) is 16.4 Å². The fourth-order valence-electron chi connectivity index (χ4n) is 0.740. The monoisotopic (exact) mass is 167 g/mol. The Morgan fingerprint density at radius 1 is 1.55 bits per heavy atom. The number of tetrazole rings is 1. The Balaban J connectivity index is 2.45. The van der Waals surface area contributed by atoms with Crippen LogP contribution in [0.25, 0.3) is 11.5 Å². The lowest BCUT2D eigenvalue weighted by Gasteiger charge is -1.81. The summed E-state index contributed by atoms with van der Waals surface area (Å²) in [5.41, 5.74) is 0.803. The Kier molecular flexibility index (Phi) is 1.39. The van der Waals surface area contributed by atoms with E-state index < -0.39 is 0 Å². The molecule has 0 saturated carbocycles. The molecule has 0 spiro atoms. The van der Waals surface area contributed by atoms with Crippen molar-refractivity contribution in [3.05, 3.63) is 10.4 Å². The van der Waals surface area contributed by atoms with Crippen LogP contribution in [0.15, 0.2) is 5.38 Å². The Morgan fingerprint density at radius 3 is 3.00 bits per heavy atom. The first-order valence-electron chi connectivity index (χ1n) is 3.02. The maximum Gasteiger partial charge on any atom is 0.198 e. The highest BCUT2D eigenvalue weighted by molar-refractivity contribution is 7.09. The molecule has 0 aliphatic carbocycles. The second-order valence-electron chi connectivity index (χ2n) is 2.00. The summed E-state index contributed by atoms with van der Waals surface area (Å²) in [5, 5.41) is 16.2. The van der Waals surface area contributed by atoms with Gasteiger partial charge < -0.3 is 0 Å².